The van der Waals surface area contributed by atoms with Crippen LogP contribution < -0.4 is 10.6 Å². The number of hydrogen-bond acceptors (Lipinski definition) is 7. The minimum atomic E-state index is -3.81. The molecule has 3 aromatic rings. The number of imidazole rings is 1. The summed E-state index contributed by atoms with van der Waals surface area (Å²) in [4.78, 5) is 44.5. The molecule has 0 radical (unpaired) electrons. The number of alkyl halides is 2. The lowest BCUT2D eigenvalue weighted by Gasteiger charge is -2.37. The van der Waals surface area contributed by atoms with Gasteiger partial charge in [0.05, 0.1) is 35.1 Å². The van der Waals surface area contributed by atoms with Crippen molar-refractivity contribution in [3.05, 3.63) is 64.6 Å². The van der Waals surface area contributed by atoms with Gasteiger partial charge >= 0.3 is 18.1 Å². The van der Waals surface area contributed by atoms with Crippen molar-refractivity contribution in [3.63, 3.8) is 0 Å². The third-order valence-corrected chi connectivity index (χ3v) is 10.5. The predicted octanol–water partition coefficient (Wildman–Crippen LogP) is 8.35. The molecule has 2 aliphatic heterocycles. The number of nitrogens with one attached hydrogen (secondary N) is 2. The summed E-state index contributed by atoms with van der Waals surface area (Å²) in [6.07, 6.45) is -2.57. The van der Waals surface area contributed by atoms with Gasteiger partial charge in [0.2, 0.25) is 0 Å². The third-order valence-electron chi connectivity index (χ3n) is 8.50. The first kappa shape index (κ1) is 37.1. The first-order chi connectivity index (χ1) is 23.6. The summed E-state index contributed by atoms with van der Waals surface area (Å²) >= 11 is 5.88. The monoisotopic (exact) mass is 739 g/mol. The van der Waals surface area contributed by atoms with Crippen molar-refractivity contribution >= 4 is 49.1 Å². The Balaban J connectivity index is 1.56. The molecule has 3 amide bonds. The van der Waals surface area contributed by atoms with E-state index in [0.717, 1.165) is 25.3 Å². The van der Waals surface area contributed by atoms with Gasteiger partial charge in [-0.1, -0.05) is 31.2 Å². The number of anilines is 2. The molecule has 270 valence electrons. The zero-order valence-corrected chi connectivity index (χ0v) is 29.7. The van der Waals surface area contributed by atoms with Crippen LogP contribution in [0.1, 0.15) is 49.2 Å². The summed E-state index contributed by atoms with van der Waals surface area (Å²) in [7, 11) is -0.294. The second-order valence-electron chi connectivity index (χ2n) is 13.4. The maximum absolute atomic E-state index is 15.3. The minimum absolute atomic E-state index is 0.00753. The van der Waals surface area contributed by atoms with Crippen LogP contribution in [0.3, 0.4) is 0 Å². The number of carbonyl (C=O) groups is 3. The second kappa shape index (κ2) is 15.0. The number of benzene rings is 2. The van der Waals surface area contributed by atoms with Crippen molar-refractivity contribution < 1.29 is 46.2 Å². The van der Waals surface area contributed by atoms with Gasteiger partial charge in [0.15, 0.2) is 5.82 Å². The van der Waals surface area contributed by atoms with Crippen LogP contribution in [0, 0.1) is 11.6 Å². The van der Waals surface area contributed by atoms with Crippen LogP contribution in [0.15, 0.2) is 36.5 Å². The Kier molecular flexibility index (Phi) is 11.1. The van der Waals surface area contributed by atoms with Crippen molar-refractivity contribution in [3.8, 4) is 11.3 Å². The Morgan fingerprint density at radius 3 is 2.64 bits per heavy atom. The lowest BCUT2D eigenvalue weighted by molar-refractivity contribution is -0.140. The Morgan fingerprint density at radius 1 is 1.18 bits per heavy atom. The highest BCUT2D eigenvalue weighted by molar-refractivity contribution is 6.76. The topological polar surface area (TPSA) is 124 Å². The maximum atomic E-state index is 15.3. The number of rotatable bonds is 8. The third kappa shape index (κ3) is 8.41. The number of halogens is 5. The lowest BCUT2D eigenvalue weighted by Crippen LogP contribution is -2.43. The van der Waals surface area contributed by atoms with E-state index < -0.39 is 67.9 Å². The fourth-order valence-electron chi connectivity index (χ4n) is 5.78. The Bertz CT molecular complexity index is 1770. The van der Waals surface area contributed by atoms with Crippen LogP contribution in [-0.2, 0) is 25.7 Å². The van der Waals surface area contributed by atoms with E-state index in [0.29, 0.717) is 12.4 Å². The largest absolute Gasteiger partial charge is 0.453 e. The zero-order chi connectivity index (χ0) is 36.4. The molecule has 0 aliphatic carbocycles. The van der Waals surface area contributed by atoms with E-state index in [-0.39, 0.29) is 60.2 Å². The van der Waals surface area contributed by atoms with E-state index in [1.54, 1.807) is 10.8 Å². The fourth-order valence-corrected chi connectivity index (χ4v) is 6.70. The SMILES string of the molecule is COC(=O)Nc1ccc2c(c1)NC(=O)C(F)(F)CCC[C@H](N1CC[C@H](c3c(F)ccc(Cl)c3F)OC1=O)c1nc-2cn1COCC[Si](C)(C)C. The normalized spacial score (nSPS) is 19.4. The number of carbonyl (C=O) groups excluding carboxylic acids is 3. The van der Waals surface area contributed by atoms with Gasteiger partial charge in [0, 0.05) is 51.5 Å². The van der Waals surface area contributed by atoms with E-state index >= 15 is 8.78 Å². The Hall–Kier alpha value is -4.15. The van der Waals surface area contributed by atoms with Crippen LogP contribution in [0.2, 0.25) is 30.7 Å². The molecule has 2 bridgehead atoms. The number of cyclic esters (lactones) is 1. The number of methoxy groups -OCH3 is 1. The highest BCUT2D eigenvalue weighted by atomic mass is 35.5. The van der Waals surface area contributed by atoms with Gasteiger partial charge in [-0.3, -0.25) is 15.0 Å². The summed E-state index contributed by atoms with van der Waals surface area (Å²) in [6.45, 7) is 7.00. The molecular formula is C33H38ClF4N5O6Si. The molecule has 1 saturated heterocycles. The summed E-state index contributed by atoms with van der Waals surface area (Å²) in [5.74, 6) is -7.04. The van der Waals surface area contributed by atoms with Gasteiger partial charge in [-0.15, -0.1) is 0 Å². The molecule has 2 atom stereocenters. The second-order valence-corrected chi connectivity index (χ2v) is 19.4. The molecule has 2 aliphatic rings. The van der Waals surface area contributed by atoms with Gasteiger partial charge in [-0.2, -0.15) is 8.78 Å². The highest BCUT2D eigenvalue weighted by Gasteiger charge is 2.42. The van der Waals surface area contributed by atoms with Crippen molar-refractivity contribution in [1.29, 1.82) is 0 Å². The molecule has 3 heterocycles. The quantitative estimate of drug-likeness (QED) is 0.103. The van der Waals surface area contributed by atoms with Crippen molar-refractivity contribution in [2.24, 2.45) is 0 Å². The highest BCUT2D eigenvalue weighted by Crippen LogP contribution is 2.40. The van der Waals surface area contributed by atoms with Crippen LogP contribution in [-0.4, -0.2) is 66.8 Å². The molecule has 50 heavy (non-hydrogen) atoms. The van der Waals surface area contributed by atoms with E-state index in [2.05, 4.69) is 35.0 Å². The van der Waals surface area contributed by atoms with Crippen LogP contribution >= 0.6 is 11.6 Å². The van der Waals surface area contributed by atoms with Gasteiger partial charge in [-0.05, 0) is 49.2 Å². The summed E-state index contributed by atoms with van der Waals surface area (Å²) in [5.41, 5.74) is 0.138. The maximum Gasteiger partial charge on any atom is 0.411 e. The number of amides is 3. The van der Waals surface area contributed by atoms with E-state index in [1.807, 2.05) is 0 Å². The van der Waals surface area contributed by atoms with Crippen LogP contribution in [0.25, 0.3) is 11.3 Å². The first-order valence-corrected chi connectivity index (χ1v) is 20.1. The summed E-state index contributed by atoms with van der Waals surface area (Å²) in [6, 6.07) is 6.25. The lowest BCUT2D eigenvalue weighted by atomic mass is 10.00. The molecule has 11 nitrogen and oxygen atoms in total. The molecule has 1 aromatic heterocycles. The molecule has 0 saturated carbocycles. The van der Waals surface area contributed by atoms with Crippen LogP contribution in [0.5, 0.6) is 0 Å². The zero-order valence-electron chi connectivity index (χ0n) is 28.0. The van der Waals surface area contributed by atoms with E-state index in [9.17, 15) is 23.2 Å². The number of hydrogen-bond donors (Lipinski definition) is 2. The summed E-state index contributed by atoms with van der Waals surface area (Å²) in [5, 5.41) is 4.41. The molecule has 17 heteroatoms. The van der Waals surface area contributed by atoms with Crippen molar-refractivity contribution in [1.82, 2.24) is 14.5 Å². The van der Waals surface area contributed by atoms with Gasteiger partial charge in [0.25, 0.3) is 5.91 Å². The van der Waals surface area contributed by atoms with Crippen molar-refractivity contribution in [2.75, 3.05) is 30.9 Å². The smallest absolute Gasteiger partial charge is 0.411 e. The van der Waals surface area contributed by atoms with E-state index in [1.165, 1.54) is 23.1 Å². The Labute approximate surface area is 292 Å². The minimum Gasteiger partial charge on any atom is -0.453 e. The van der Waals surface area contributed by atoms with Gasteiger partial charge < -0.3 is 24.1 Å². The van der Waals surface area contributed by atoms with Gasteiger partial charge in [0.1, 0.15) is 24.5 Å². The summed E-state index contributed by atoms with van der Waals surface area (Å²) < 4.78 is 78.0. The number of aromatic nitrogens is 2. The molecule has 1 fully saturated rings. The average molecular weight is 740 g/mol. The average Bonchev–Trinajstić information content (AvgIpc) is 3.46. The molecule has 5 rings (SSSR count). The molecule has 0 spiro atoms. The van der Waals surface area contributed by atoms with Crippen molar-refractivity contribution in [2.45, 2.75) is 76.2 Å². The number of fused-ring (bicyclic) bond motifs is 4. The first-order valence-electron chi connectivity index (χ1n) is 16.0. The van der Waals surface area contributed by atoms with Crippen LogP contribution in [0.4, 0.5) is 38.5 Å². The molecule has 0 unspecified atom stereocenters. The fraction of sp³-hybridized carbons (Fsp3) is 0.455. The standard InChI is InChI=1S/C33H38ClF4N5O6Si/c1-47-31(45)39-19-7-8-20-23(16-19)41-30(44)33(37,38)12-5-6-25(29-40-24(20)17-42(29)18-48-14-15-50(2,3)4)43-13-11-26(49-32(43)46)27-22(35)10-9-21(34)28(27)36/h7-10,16-17,25-26H,5-6,11-15,18H2,1-4H3,(H,39,45)(H,41,44)/t25-,26+/m0/s1. The Morgan fingerprint density at radius 2 is 1.94 bits per heavy atom. The molecular weight excluding hydrogens is 702 g/mol. The predicted molar refractivity (Wildman–Crippen MR) is 180 cm³/mol. The molecule has 2 aromatic carbocycles. The van der Waals surface area contributed by atoms with Gasteiger partial charge in [-0.25, -0.2) is 23.4 Å². The number of nitrogens with zero attached hydrogens (tertiary/aromatic N) is 3. The molecule has 2 N–H and O–H groups in total. The number of ether oxygens (including phenoxy) is 3. The van der Waals surface area contributed by atoms with E-state index in [4.69, 9.17) is 26.1 Å².